The molecule has 1 atom stereocenters. The van der Waals surface area contributed by atoms with Gasteiger partial charge in [0, 0.05) is 25.4 Å². The molecule has 0 aromatic heterocycles. The number of ether oxygens (including phenoxy) is 1. The van der Waals surface area contributed by atoms with Crippen molar-refractivity contribution in [2.75, 3.05) is 19.7 Å². The summed E-state index contributed by atoms with van der Waals surface area (Å²) in [6.07, 6.45) is 1.36. The van der Waals surface area contributed by atoms with E-state index in [-0.39, 0.29) is 18.9 Å². The first kappa shape index (κ1) is 13.4. The van der Waals surface area contributed by atoms with Crippen LogP contribution >= 0.6 is 0 Å². The topological polar surface area (TPSA) is 88.4 Å². The first-order valence-electron chi connectivity index (χ1n) is 5.97. The molecule has 1 N–H and O–H groups in total. The number of hydrogen-bond donors (Lipinski definition) is 1. The van der Waals surface area contributed by atoms with Gasteiger partial charge >= 0.3 is 12.1 Å². The lowest BCUT2D eigenvalue weighted by atomic mass is 9.88. The van der Waals surface area contributed by atoms with E-state index in [0.29, 0.717) is 18.8 Å². The van der Waals surface area contributed by atoms with E-state index in [1.165, 1.54) is 17.9 Å². The van der Waals surface area contributed by atoms with Crippen molar-refractivity contribution < 1.29 is 24.3 Å². The molecule has 0 aromatic rings. The Morgan fingerprint density at radius 2 is 2.37 bits per heavy atom. The lowest BCUT2D eigenvalue weighted by Crippen LogP contribution is -2.53. The second kappa shape index (κ2) is 4.91. The maximum Gasteiger partial charge on any atom is 0.410 e. The minimum atomic E-state index is -1.28. The molecule has 104 valence electrons. The van der Waals surface area contributed by atoms with E-state index in [2.05, 4.69) is 11.7 Å². The van der Waals surface area contributed by atoms with Crippen LogP contribution in [0.2, 0.25) is 0 Å². The lowest BCUT2D eigenvalue weighted by molar-refractivity contribution is -0.160. The quantitative estimate of drug-likeness (QED) is 0.764. The van der Waals surface area contributed by atoms with Gasteiger partial charge in [-0.1, -0.05) is 17.8 Å². The van der Waals surface area contributed by atoms with Crippen LogP contribution in [0.4, 0.5) is 4.79 Å². The van der Waals surface area contributed by atoms with E-state index in [0.717, 1.165) is 0 Å². The van der Waals surface area contributed by atoms with Crippen LogP contribution in [0.3, 0.4) is 0 Å². The van der Waals surface area contributed by atoms with Gasteiger partial charge in [-0.05, 0) is 6.92 Å². The Morgan fingerprint density at radius 3 is 2.89 bits per heavy atom. The fourth-order valence-electron chi connectivity index (χ4n) is 1.96. The molecular formula is C12H16N2O5. The predicted octanol–water partition coefficient (Wildman–Crippen LogP) is 0.860. The number of carbonyl (C=O) groups excluding carboxylic acids is 1. The zero-order valence-corrected chi connectivity index (χ0v) is 10.7. The van der Waals surface area contributed by atoms with Crippen molar-refractivity contribution in [3.8, 4) is 0 Å². The monoisotopic (exact) mass is 268 g/mol. The summed E-state index contributed by atoms with van der Waals surface area (Å²) in [4.78, 5) is 29.0. The van der Waals surface area contributed by atoms with Gasteiger partial charge in [-0.25, -0.2) is 9.59 Å². The zero-order valence-electron chi connectivity index (χ0n) is 10.7. The summed E-state index contributed by atoms with van der Waals surface area (Å²) in [6, 6.07) is 0. The van der Waals surface area contributed by atoms with E-state index < -0.39 is 17.7 Å². The normalized spacial score (nSPS) is 26.2. The molecule has 1 fully saturated rings. The second-order valence-electron chi connectivity index (χ2n) is 4.85. The minimum Gasteiger partial charge on any atom is -0.478 e. The standard InChI is InChI=1S/C12H16N2O5/c1-3-4-18-11(17)14-6-8(7-14)9-5-12(2,10(15)16)19-13-9/h3,8H,1,4-7H2,2H3,(H,15,16). The molecule has 7 heteroatoms. The predicted molar refractivity (Wildman–Crippen MR) is 65.8 cm³/mol. The molecule has 0 bridgehead atoms. The maximum absolute atomic E-state index is 11.5. The van der Waals surface area contributed by atoms with Gasteiger partial charge in [0.15, 0.2) is 0 Å². The summed E-state index contributed by atoms with van der Waals surface area (Å²) in [5.41, 5.74) is -0.586. The Hall–Kier alpha value is -2.05. The largest absolute Gasteiger partial charge is 0.478 e. The fourth-order valence-corrected chi connectivity index (χ4v) is 1.96. The molecule has 1 saturated heterocycles. The summed E-state index contributed by atoms with van der Waals surface area (Å²) in [7, 11) is 0. The number of carboxylic acids is 1. The van der Waals surface area contributed by atoms with Crippen LogP contribution in [-0.2, 0) is 14.4 Å². The Bertz CT molecular complexity index is 441. The minimum absolute atomic E-state index is 0.0532. The first-order valence-corrected chi connectivity index (χ1v) is 5.97. The fraction of sp³-hybridized carbons (Fsp3) is 0.583. The average Bonchev–Trinajstić information content (AvgIpc) is 2.68. The number of amides is 1. The Balaban J connectivity index is 1.81. The van der Waals surface area contributed by atoms with Crippen LogP contribution in [0.25, 0.3) is 0 Å². The summed E-state index contributed by atoms with van der Waals surface area (Å²) in [6.45, 7) is 6.09. The number of rotatable bonds is 4. The van der Waals surface area contributed by atoms with Crippen molar-refractivity contribution >= 4 is 17.8 Å². The highest BCUT2D eigenvalue weighted by Gasteiger charge is 2.46. The van der Waals surface area contributed by atoms with E-state index in [4.69, 9.17) is 14.7 Å². The molecule has 2 heterocycles. The number of carboxylic acid groups (broad SMARTS) is 1. The SMILES string of the molecule is C=CCOC(=O)N1CC(C2=NOC(C)(C(=O)O)C2)C1. The van der Waals surface area contributed by atoms with Crippen LogP contribution < -0.4 is 0 Å². The van der Waals surface area contributed by atoms with Gasteiger partial charge < -0.3 is 19.6 Å². The van der Waals surface area contributed by atoms with Gasteiger partial charge in [0.1, 0.15) is 6.61 Å². The molecule has 1 unspecified atom stereocenters. The highest BCUT2D eigenvalue weighted by molar-refractivity contribution is 5.95. The highest BCUT2D eigenvalue weighted by atomic mass is 16.7. The molecule has 7 nitrogen and oxygen atoms in total. The average molecular weight is 268 g/mol. The van der Waals surface area contributed by atoms with Gasteiger partial charge in [0.2, 0.25) is 5.60 Å². The van der Waals surface area contributed by atoms with Gasteiger partial charge in [0.05, 0.1) is 5.71 Å². The van der Waals surface area contributed by atoms with E-state index in [1.807, 2.05) is 0 Å². The van der Waals surface area contributed by atoms with Crippen molar-refractivity contribution in [3.05, 3.63) is 12.7 Å². The number of aliphatic carboxylic acids is 1. The third-order valence-electron chi connectivity index (χ3n) is 3.27. The Labute approximate surface area is 110 Å². The van der Waals surface area contributed by atoms with Crippen molar-refractivity contribution in [1.82, 2.24) is 4.90 Å². The summed E-state index contributed by atoms with van der Waals surface area (Å²) in [5.74, 6) is -0.981. The second-order valence-corrected chi connectivity index (χ2v) is 4.85. The summed E-state index contributed by atoms with van der Waals surface area (Å²) < 4.78 is 4.89. The van der Waals surface area contributed by atoms with Gasteiger partial charge in [-0.3, -0.25) is 0 Å². The molecule has 2 aliphatic heterocycles. The Morgan fingerprint density at radius 1 is 1.68 bits per heavy atom. The molecular weight excluding hydrogens is 252 g/mol. The first-order chi connectivity index (χ1) is 8.96. The van der Waals surface area contributed by atoms with Crippen LogP contribution in [0.15, 0.2) is 17.8 Å². The Kier molecular flexibility index (Phi) is 3.46. The molecule has 2 rings (SSSR count). The van der Waals surface area contributed by atoms with E-state index in [9.17, 15) is 9.59 Å². The molecule has 19 heavy (non-hydrogen) atoms. The number of carbonyl (C=O) groups is 2. The highest BCUT2D eigenvalue weighted by Crippen LogP contribution is 2.30. The van der Waals surface area contributed by atoms with Gasteiger partial charge in [-0.15, -0.1) is 0 Å². The molecule has 0 aromatic carbocycles. The van der Waals surface area contributed by atoms with Crippen LogP contribution in [-0.4, -0.2) is 53.1 Å². The molecule has 2 aliphatic rings. The van der Waals surface area contributed by atoms with Gasteiger partial charge in [0.25, 0.3) is 0 Å². The zero-order chi connectivity index (χ0) is 14.0. The van der Waals surface area contributed by atoms with Gasteiger partial charge in [-0.2, -0.15) is 0 Å². The number of nitrogens with zero attached hydrogens (tertiary/aromatic N) is 2. The summed E-state index contributed by atoms with van der Waals surface area (Å²) >= 11 is 0. The molecule has 0 saturated carbocycles. The lowest BCUT2D eigenvalue weighted by Gasteiger charge is -2.37. The maximum atomic E-state index is 11.5. The molecule has 0 radical (unpaired) electrons. The van der Waals surface area contributed by atoms with Crippen LogP contribution in [0, 0.1) is 5.92 Å². The molecule has 0 aliphatic carbocycles. The van der Waals surface area contributed by atoms with Crippen molar-refractivity contribution in [2.45, 2.75) is 18.9 Å². The van der Waals surface area contributed by atoms with Crippen LogP contribution in [0.5, 0.6) is 0 Å². The van der Waals surface area contributed by atoms with Crippen LogP contribution in [0.1, 0.15) is 13.3 Å². The molecule has 0 spiro atoms. The smallest absolute Gasteiger partial charge is 0.410 e. The number of oxime groups is 1. The van der Waals surface area contributed by atoms with E-state index in [1.54, 1.807) is 0 Å². The molecule has 1 amide bonds. The van der Waals surface area contributed by atoms with Crippen molar-refractivity contribution in [2.24, 2.45) is 11.1 Å². The number of likely N-dealkylation sites (tertiary alicyclic amines) is 1. The summed E-state index contributed by atoms with van der Waals surface area (Å²) in [5, 5.41) is 12.8. The third-order valence-corrected chi connectivity index (χ3v) is 3.27. The van der Waals surface area contributed by atoms with Crippen molar-refractivity contribution in [3.63, 3.8) is 0 Å². The number of hydrogen-bond acceptors (Lipinski definition) is 5. The third kappa shape index (κ3) is 2.54. The van der Waals surface area contributed by atoms with Crippen molar-refractivity contribution in [1.29, 1.82) is 0 Å². The van der Waals surface area contributed by atoms with E-state index >= 15 is 0 Å².